The highest BCUT2D eigenvalue weighted by Gasteiger charge is 2.27. The van der Waals surface area contributed by atoms with Crippen LogP contribution in [0.25, 0.3) is 11.0 Å². The maximum atomic E-state index is 5.92. The fraction of sp³-hybridized carbons (Fsp3) is 0.545. The molecule has 96 valence electrons. The van der Waals surface area contributed by atoms with E-state index in [9.17, 15) is 0 Å². The molecule has 2 aromatic rings. The summed E-state index contributed by atoms with van der Waals surface area (Å²) < 4.78 is 0. The maximum Gasteiger partial charge on any atom is 0.226 e. The SMILES string of the molecule is CSC1CCCC1Nc1nc(Cl)nc2[nH]ncc12. The molecular weight excluding hydrogens is 270 g/mol. The van der Waals surface area contributed by atoms with Crippen molar-refractivity contribution in [2.75, 3.05) is 11.6 Å². The first kappa shape index (κ1) is 12.0. The Kier molecular flexibility index (Phi) is 3.30. The van der Waals surface area contributed by atoms with Crippen LogP contribution in [0.15, 0.2) is 6.20 Å². The van der Waals surface area contributed by atoms with E-state index in [1.54, 1.807) is 6.20 Å². The van der Waals surface area contributed by atoms with E-state index in [1.165, 1.54) is 19.3 Å². The molecule has 0 aromatic carbocycles. The number of aromatic amines is 1. The lowest BCUT2D eigenvalue weighted by Gasteiger charge is -2.19. The minimum atomic E-state index is 0.243. The van der Waals surface area contributed by atoms with Crippen molar-refractivity contribution in [2.24, 2.45) is 0 Å². The maximum absolute atomic E-state index is 5.92. The largest absolute Gasteiger partial charge is 0.365 e. The summed E-state index contributed by atoms with van der Waals surface area (Å²) in [6.45, 7) is 0. The van der Waals surface area contributed by atoms with E-state index in [1.807, 2.05) is 11.8 Å². The van der Waals surface area contributed by atoms with Gasteiger partial charge in [-0.2, -0.15) is 26.8 Å². The first-order chi connectivity index (χ1) is 8.78. The Morgan fingerprint density at radius 3 is 3.17 bits per heavy atom. The number of nitrogens with one attached hydrogen (secondary N) is 2. The number of halogens is 1. The molecule has 1 aliphatic carbocycles. The minimum absolute atomic E-state index is 0.243. The predicted molar refractivity (Wildman–Crippen MR) is 75.3 cm³/mol. The third kappa shape index (κ3) is 2.14. The molecule has 18 heavy (non-hydrogen) atoms. The lowest BCUT2D eigenvalue weighted by atomic mass is 10.2. The van der Waals surface area contributed by atoms with E-state index in [-0.39, 0.29) is 5.28 Å². The van der Waals surface area contributed by atoms with E-state index < -0.39 is 0 Å². The van der Waals surface area contributed by atoms with E-state index in [2.05, 4.69) is 31.7 Å². The molecule has 0 aliphatic heterocycles. The third-order valence-electron chi connectivity index (χ3n) is 3.36. The van der Waals surface area contributed by atoms with E-state index in [4.69, 9.17) is 11.6 Å². The van der Waals surface area contributed by atoms with Crippen molar-refractivity contribution < 1.29 is 0 Å². The van der Waals surface area contributed by atoms with Crippen molar-refractivity contribution in [3.8, 4) is 0 Å². The summed E-state index contributed by atoms with van der Waals surface area (Å²) in [7, 11) is 0. The number of H-pyrrole nitrogens is 1. The summed E-state index contributed by atoms with van der Waals surface area (Å²) in [5, 5.41) is 12.1. The summed E-state index contributed by atoms with van der Waals surface area (Å²) in [4.78, 5) is 8.38. The Balaban J connectivity index is 1.92. The van der Waals surface area contributed by atoms with Crippen molar-refractivity contribution in [3.05, 3.63) is 11.5 Å². The average molecular weight is 284 g/mol. The number of hydrogen-bond donors (Lipinski definition) is 2. The highest BCUT2D eigenvalue weighted by atomic mass is 35.5. The molecule has 0 amide bonds. The molecule has 2 atom stereocenters. The van der Waals surface area contributed by atoms with Gasteiger partial charge in [-0.15, -0.1) is 0 Å². The van der Waals surface area contributed by atoms with Crippen molar-refractivity contribution in [1.82, 2.24) is 20.2 Å². The Hall–Kier alpha value is -1.01. The third-order valence-corrected chi connectivity index (χ3v) is 4.70. The summed E-state index contributed by atoms with van der Waals surface area (Å²) in [6.07, 6.45) is 7.58. The molecule has 1 aliphatic rings. The molecule has 1 saturated carbocycles. The van der Waals surface area contributed by atoms with Gasteiger partial charge in [-0.05, 0) is 30.7 Å². The molecule has 2 unspecified atom stereocenters. The summed E-state index contributed by atoms with van der Waals surface area (Å²) in [5.74, 6) is 0.782. The second kappa shape index (κ2) is 4.93. The molecule has 2 N–H and O–H groups in total. The number of nitrogens with zero attached hydrogens (tertiary/aromatic N) is 3. The van der Waals surface area contributed by atoms with Crippen LogP contribution in [0.3, 0.4) is 0 Å². The molecule has 0 radical (unpaired) electrons. The molecule has 0 spiro atoms. The van der Waals surface area contributed by atoms with Crippen molar-refractivity contribution in [3.63, 3.8) is 0 Å². The number of hydrogen-bond acceptors (Lipinski definition) is 5. The number of aromatic nitrogens is 4. The van der Waals surface area contributed by atoms with Crippen LogP contribution in [0.4, 0.5) is 5.82 Å². The zero-order chi connectivity index (χ0) is 12.5. The van der Waals surface area contributed by atoms with Crippen molar-refractivity contribution in [2.45, 2.75) is 30.6 Å². The lowest BCUT2D eigenvalue weighted by molar-refractivity contribution is 0.764. The van der Waals surface area contributed by atoms with Gasteiger partial charge in [0.15, 0.2) is 5.65 Å². The van der Waals surface area contributed by atoms with Crippen LogP contribution >= 0.6 is 23.4 Å². The van der Waals surface area contributed by atoms with Gasteiger partial charge in [0.05, 0.1) is 11.6 Å². The van der Waals surface area contributed by atoms with Gasteiger partial charge in [-0.3, -0.25) is 5.10 Å². The van der Waals surface area contributed by atoms with E-state index in [0.29, 0.717) is 16.9 Å². The monoisotopic (exact) mass is 283 g/mol. The normalized spacial score (nSPS) is 23.7. The standard InChI is InChI=1S/C11H14ClN5S/c1-18-8-4-2-3-7(8)14-9-6-5-13-17-10(6)16-11(12)15-9/h5,7-8H,2-4H2,1H3,(H2,13,14,15,16,17). The van der Waals surface area contributed by atoms with Crippen molar-refractivity contribution in [1.29, 1.82) is 0 Å². The van der Waals surface area contributed by atoms with Crippen LogP contribution in [-0.2, 0) is 0 Å². The van der Waals surface area contributed by atoms with E-state index >= 15 is 0 Å². The lowest BCUT2D eigenvalue weighted by Crippen LogP contribution is -2.26. The van der Waals surface area contributed by atoms with Gasteiger partial charge in [0.2, 0.25) is 5.28 Å². The molecule has 5 nitrogen and oxygen atoms in total. The minimum Gasteiger partial charge on any atom is -0.365 e. The first-order valence-corrected chi connectivity index (χ1v) is 7.60. The van der Waals surface area contributed by atoms with E-state index in [0.717, 1.165) is 11.2 Å². The summed E-state index contributed by atoms with van der Waals surface area (Å²) in [5.41, 5.74) is 0.677. The first-order valence-electron chi connectivity index (χ1n) is 5.94. The molecule has 1 fully saturated rings. The Morgan fingerprint density at radius 2 is 2.33 bits per heavy atom. The number of fused-ring (bicyclic) bond motifs is 1. The molecule has 3 rings (SSSR count). The topological polar surface area (TPSA) is 66.5 Å². The van der Waals surface area contributed by atoms with Gasteiger partial charge in [-0.1, -0.05) is 6.42 Å². The molecule has 0 bridgehead atoms. The quantitative estimate of drug-likeness (QED) is 0.848. The highest BCUT2D eigenvalue weighted by Crippen LogP contribution is 2.32. The van der Waals surface area contributed by atoms with Crippen LogP contribution < -0.4 is 5.32 Å². The van der Waals surface area contributed by atoms with Crippen molar-refractivity contribution >= 4 is 40.2 Å². The fourth-order valence-electron chi connectivity index (χ4n) is 2.47. The highest BCUT2D eigenvalue weighted by molar-refractivity contribution is 7.99. The van der Waals surface area contributed by atoms with Gasteiger partial charge < -0.3 is 5.32 Å². The smallest absolute Gasteiger partial charge is 0.226 e. The van der Waals surface area contributed by atoms with Gasteiger partial charge >= 0.3 is 0 Å². The zero-order valence-electron chi connectivity index (χ0n) is 9.98. The number of rotatable bonds is 3. The average Bonchev–Trinajstić information content (AvgIpc) is 2.96. The van der Waals surface area contributed by atoms with Crippen LogP contribution in [0.1, 0.15) is 19.3 Å². The molecule has 7 heteroatoms. The zero-order valence-corrected chi connectivity index (χ0v) is 11.6. The summed E-state index contributed by atoms with van der Waals surface area (Å²) in [6, 6.07) is 0.448. The van der Waals surface area contributed by atoms with Gasteiger partial charge in [0.1, 0.15) is 5.82 Å². The fourth-order valence-corrected chi connectivity index (χ4v) is 3.57. The van der Waals surface area contributed by atoms with Crippen LogP contribution in [0.5, 0.6) is 0 Å². The Morgan fingerprint density at radius 1 is 1.44 bits per heavy atom. The number of anilines is 1. The van der Waals surface area contributed by atoms with Gasteiger partial charge in [0.25, 0.3) is 0 Å². The van der Waals surface area contributed by atoms with Crippen LogP contribution in [-0.4, -0.2) is 37.7 Å². The van der Waals surface area contributed by atoms with Gasteiger partial charge in [-0.25, -0.2) is 0 Å². The molecular formula is C11H14ClN5S. The molecule has 2 aromatic heterocycles. The Labute approximate surface area is 114 Å². The van der Waals surface area contributed by atoms with Gasteiger partial charge in [0, 0.05) is 11.3 Å². The summed E-state index contributed by atoms with van der Waals surface area (Å²) >= 11 is 7.83. The second-order valence-electron chi connectivity index (χ2n) is 4.43. The molecule has 0 saturated heterocycles. The number of thioether (sulfide) groups is 1. The predicted octanol–water partition coefficient (Wildman–Crippen LogP) is 2.70. The Bertz CT molecular complexity index is 557. The molecule has 2 heterocycles. The van der Waals surface area contributed by atoms with Crippen LogP contribution in [0, 0.1) is 0 Å². The van der Waals surface area contributed by atoms with Crippen LogP contribution in [0.2, 0.25) is 5.28 Å². The second-order valence-corrected chi connectivity index (χ2v) is 5.84.